The van der Waals surface area contributed by atoms with E-state index in [9.17, 15) is 25.2 Å². The first-order valence-corrected chi connectivity index (χ1v) is 10.9. The smallest absolute Gasteiger partial charge is 0.239 e. The van der Waals surface area contributed by atoms with Crippen LogP contribution in [0.15, 0.2) is 39.1 Å². The third kappa shape index (κ3) is 3.84. The number of hydrogen-bond donors (Lipinski definition) is 4. The van der Waals surface area contributed by atoms with Gasteiger partial charge in [0.2, 0.25) is 11.2 Å². The van der Waals surface area contributed by atoms with E-state index >= 15 is 0 Å². The SMILES string of the molecule is COc1c(-c2cc(O)c3c(c2)CC(O)C(C)(C)O3)oc2c(CC=C(C)C)c(O)cc(O)c2c1=O. The van der Waals surface area contributed by atoms with Crippen molar-refractivity contribution in [2.45, 2.75) is 52.2 Å². The van der Waals surface area contributed by atoms with Crippen molar-refractivity contribution in [2.75, 3.05) is 7.11 Å². The van der Waals surface area contributed by atoms with Crippen molar-refractivity contribution < 1.29 is 34.3 Å². The molecule has 2 heterocycles. The minimum atomic E-state index is -0.881. The van der Waals surface area contributed by atoms with Crippen LogP contribution in [-0.2, 0) is 12.8 Å². The Hall–Kier alpha value is -3.65. The number of rotatable bonds is 4. The molecule has 180 valence electrons. The topological polar surface area (TPSA) is 130 Å². The zero-order chi connectivity index (χ0) is 24.9. The molecular weight excluding hydrogens is 440 g/mol. The number of allylic oxidation sites excluding steroid dienone is 2. The van der Waals surface area contributed by atoms with Crippen LogP contribution in [-0.4, -0.2) is 39.2 Å². The van der Waals surface area contributed by atoms with Crippen LogP contribution < -0.4 is 14.9 Å². The number of benzene rings is 2. The van der Waals surface area contributed by atoms with Crippen LogP contribution in [0.4, 0.5) is 0 Å². The van der Waals surface area contributed by atoms with Gasteiger partial charge in [0.15, 0.2) is 17.3 Å². The summed E-state index contributed by atoms with van der Waals surface area (Å²) in [6, 6.07) is 4.15. The van der Waals surface area contributed by atoms with Crippen molar-refractivity contribution >= 4 is 11.0 Å². The minimum Gasteiger partial charge on any atom is -0.507 e. The molecule has 1 unspecified atom stereocenters. The zero-order valence-electron chi connectivity index (χ0n) is 19.7. The summed E-state index contributed by atoms with van der Waals surface area (Å²) in [7, 11) is 1.30. The van der Waals surface area contributed by atoms with Crippen LogP contribution in [0, 0.1) is 0 Å². The second-order valence-electron chi connectivity index (χ2n) is 9.29. The number of aliphatic hydroxyl groups excluding tert-OH is 1. The number of phenolic OH excluding ortho intramolecular Hbond substituents is 3. The van der Waals surface area contributed by atoms with Crippen molar-refractivity contribution in [1.82, 2.24) is 0 Å². The Morgan fingerprint density at radius 1 is 1.15 bits per heavy atom. The molecule has 2 aromatic carbocycles. The summed E-state index contributed by atoms with van der Waals surface area (Å²) in [5.74, 6) is -0.728. The molecule has 1 aromatic heterocycles. The standard InChI is InChI=1S/C26H28O8/c1-12(2)6-7-15-16(27)11-17(28)20-21(31)25(32-5)23(33-24(15)20)13-8-14-10-19(30)26(3,4)34-22(14)18(29)9-13/h6,8-9,11,19,27-30H,7,10H2,1-5H3. The Balaban J connectivity index is 2.01. The maximum Gasteiger partial charge on any atom is 0.239 e. The maximum atomic E-state index is 13.3. The van der Waals surface area contributed by atoms with E-state index in [0.29, 0.717) is 16.7 Å². The van der Waals surface area contributed by atoms with E-state index in [-0.39, 0.29) is 52.6 Å². The number of methoxy groups -OCH3 is 1. The number of aliphatic hydroxyl groups is 1. The average Bonchev–Trinajstić information content (AvgIpc) is 2.74. The van der Waals surface area contributed by atoms with E-state index in [2.05, 4.69) is 0 Å². The predicted octanol–water partition coefficient (Wildman–Crippen LogP) is 4.17. The second kappa shape index (κ2) is 8.29. The molecule has 1 atom stereocenters. The minimum absolute atomic E-state index is 0.0147. The Kier molecular flexibility index (Phi) is 5.73. The molecule has 1 aliphatic heterocycles. The number of aromatic hydroxyl groups is 3. The Morgan fingerprint density at radius 2 is 1.85 bits per heavy atom. The van der Waals surface area contributed by atoms with Crippen LogP contribution in [0.5, 0.6) is 28.7 Å². The molecule has 0 saturated heterocycles. The van der Waals surface area contributed by atoms with Crippen molar-refractivity contribution in [3.63, 3.8) is 0 Å². The third-order valence-electron chi connectivity index (χ3n) is 6.09. The van der Waals surface area contributed by atoms with E-state index in [1.807, 2.05) is 19.9 Å². The fourth-order valence-corrected chi connectivity index (χ4v) is 4.11. The van der Waals surface area contributed by atoms with Gasteiger partial charge in [-0.15, -0.1) is 0 Å². The van der Waals surface area contributed by atoms with Gasteiger partial charge in [-0.2, -0.15) is 0 Å². The van der Waals surface area contributed by atoms with Gasteiger partial charge in [0.25, 0.3) is 0 Å². The maximum absolute atomic E-state index is 13.3. The van der Waals surface area contributed by atoms with Gasteiger partial charge in [-0.1, -0.05) is 11.6 Å². The van der Waals surface area contributed by atoms with E-state index in [1.54, 1.807) is 19.9 Å². The lowest BCUT2D eigenvalue weighted by atomic mass is 9.89. The Bertz CT molecular complexity index is 1380. The molecule has 0 spiro atoms. The first kappa shape index (κ1) is 23.5. The quantitative estimate of drug-likeness (QED) is 0.420. The van der Waals surface area contributed by atoms with Gasteiger partial charge in [-0.3, -0.25) is 4.79 Å². The summed E-state index contributed by atoms with van der Waals surface area (Å²) < 4.78 is 17.3. The van der Waals surface area contributed by atoms with Gasteiger partial charge >= 0.3 is 0 Å². The normalized spacial score (nSPS) is 16.6. The predicted molar refractivity (Wildman–Crippen MR) is 127 cm³/mol. The number of fused-ring (bicyclic) bond motifs is 2. The van der Waals surface area contributed by atoms with Crippen LogP contribution in [0.1, 0.15) is 38.8 Å². The lowest BCUT2D eigenvalue weighted by Gasteiger charge is -2.37. The highest BCUT2D eigenvalue weighted by Gasteiger charge is 2.37. The second-order valence-corrected chi connectivity index (χ2v) is 9.29. The molecule has 0 bridgehead atoms. The van der Waals surface area contributed by atoms with Gasteiger partial charge in [0.05, 0.1) is 13.2 Å². The highest BCUT2D eigenvalue weighted by Crippen LogP contribution is 2.45. The van der Waals surface area contributed by atoms with E-state index < -0.39 is 22.9 Å². The van der Waals surface area contributed by atoms with E-state index in [4.69, 9.17) is 13.9 Å². The van der Waals surface area contributed by atoms with Gasteiger partial charge in [-0.05, 0) is 46.2 Å². The Morgan fingerprint density at radius 3 is 2.50 bits per heavy atom. The largest absolute Gasteiger partial charge is 0.507 e. The van der Waals surface area contributed by atoms with Crippen LogP contribution >= 0.6 is 0 Å². The van der Waals surface area contributed by atoms with Crippen molar-refractivity contribution in [1.29, 1.82) is 0 Å². The van der Waals surface area contributed by atoms with E-state index in [0.717, 1.165) is 11.6 Å². The molecule has 34 heavy (non-hydrogen) atoms. The van der Waals surface area contributed by atoms with Crippen molar-refractivity contribution in [3.05, 3.63) is 51.2 Å². The molecule has 0 saturated carbocycles. The first-order valence-electron chi connectivity index (χ1n) is 10.9. The van der Waals surface area contributed by atoms with Gasteiger partial charge in [-0.25, -0.2) is 0 Å². The summed E-state index contributed by atoms with van der Waals surface area (Å²) in [5.41, 5.74) is 0.702. The molecule has 0 amide bonds. The summed E-state index contributed by atoms with van der Waals surface area (Å²) in [5, 5.41) is 42.0. The highest BCUT2D eigenvalue weighted by molar-refractivity contribution is 5.91. The lowest BCUT2D eigenvalue weighted by molar-refractivity contribution is -0.0425. The lowest BCUT2D eigenvalue weighted by Crippen LogP contribution is -2.46. The third-order valence-corrected chi connectivity index (χ3v) is 6.09. The van der Waals surface area contributed by atoms with Crippen LogP contribution in [0.25, 0.3) is 22.3 Å². The number of phenols is 3. The van der Waals surface area contributed by atoms with Gasteiger partial charge < -0.3 is 34.3 Å². The summed E-state index contributed by atoms with van der Waals surface area (Å²) in [6.07, 6.45) is 1.53. The molecule has 1 aliphatic rings. The molecule has 8 nitrogen and oxygen atoms in total. The molecule has 0 fully saturated rings. The van der Waals surface area contributed by atoms with E-state index in [1.165, 1.54) is 13.2 Å². The van der Waals surface area contributed by atoms with Crippen LogP contribution in [0.2, 0.25) is 0 Å². The first-order chi connectivity index (χ1) is 15.9. The molecule has 4 rings (SSSR count). The monoisotopic (exact) mass is 468 g/mol. The summed E-state index contributed by atoms with van der Waals surface area (Å²) in [4.78, 5) is 13.3. The summed E-state index contributed by atoms with van der Waals surface area (Å²) >= 11 is 0. The van der Waals surface area contributed by atoms with Crippen molar-refractivity contribution in [2.24, 2.45) is 0 Å². The molecule has 0 aliphatic carbocycles. The fourth-order valence-electron chi connectivity index (χ4n) is 4.11. The Labute approximate surface area is 196 Å². The van der Waals surface area contributed by atoms with Crippen LogP contribution in [0.3, 0.4) is 0 Å². The van der Waals surface area contributed by atoms with Gasteiger partial charge in [0.1, 0.15) is 28.1 Å². The molecule has 0 radical (unpaired) electrons. The highest BCUT2D eigenvalue weighted by atomic mass is 16.5. The average molecular weight is 469 g/mol. The number of hydrogen-bond acceptors (Lipinski definition) is 8. The summed E-state index contributed by atoms with van der Waals surface area (Å²) in [6.45, 7) is 7.26. The molecular formula is C26H28O8. The van der Waals surface area contributed by atoms with Crippen molar-refractivity contribution in [3.8, 4) is 40.1 Å². The molecule has 4 N–H and O–H groups in total. The fraction of sp³-hybridized carbons (Fsp3) is 0.346. The molecule has 8 heteroatoms. The zero-order valence-corrected chi connectivity index (χ0v) is 19.7. The molecule has 3 aromatic rings. The number of ether oxygens (including phenoxy) is 2. The van der Waals surface area contributed by atoms with Gasteiger partial charge in [0, 0.05) is 29.2 Å².